The summed E-state index contributed by atoms with van der Waals surface area (Å²) in [4.78, 5) is 26.8. The second-order valence-corrected chi connectivity index (χ2v) is 17.4. The van der Waals surface area contributed by atoms with Crippen LogP contribution in [-0.2, 0) is 28.5 Å². The highest BCUT2D eigenvalue weighted by Gasteiger charge is 2.79. The molecule has 9 heteroatoms. The van der Waals surface area contributed by atoms with Crippen molar-refractivity contribution < 1.29 is 43.9 Å². The standard InChI is InChI=1S/C37H58O9/c1-20(2)10-9-15-36(8)30-25(44-21(3)38)18-35(7)23-11-12-26-33(4,5)27(45-31-29(41)28(40)24(39)19-43-31)14-16-34(26,6)22(23)13-17-37(30,35)32(42)46-36/h11,20,22,24-31,39-41H,9-10,12-19H2,1-8H3/t22?,24-,25+,26?,27+,28+,29-,30-,31+,34-,35+,36+,37?/m1/s1. The third-order valence-electron chi connectivity index (χ3n) is 14.0. The van der Waals surface area contributed by atoms with Gasteiger partial charge in [-0.25, -0.2) is 0 Å². The zero-order valence-corrected chi connectivity index (χ0v) is 29.2. The van der Waals surface area contributed by atoms with Gasteiger partial charge in [0.15, 0.2) is 6.29 Å². The van der Waals surface area contributed by atoms with Crippen molar-refractivity contribution in [2.75, 3.05) is 6.61 Å². The molecule has 2 aliphatic heterocycles. The number of hydrogen-bond acceptors (Lipinski definition) is 9. The van der Waals surface area contributed by atoms with E-state index in [0.29, 0.717) is 12.3 Å². The van der Waals surface area contributed by atoms with Crippen molar-refractivity contribution in [1.29, 1.82) is 0 Å². The zero-order valence-electron chi connectivity index (χ0n) is 29.2. The number of aliphatic hydroxyl groups excluding tert-OH is 3. The van der Waals surface area contributed by atoms with E-state index in [0.717, 1.165) is 51.4 Å². The molecule has 0 bridgehead atoms. The number of esters is 2. The molecule has 0 aromatic carbocycles. The molecule has 0 aromatic heterocycles. The maximum absolute atomic E-state index is 14.3. The number of ether oxygens (including phenoxy) is 4. The van der Waals surface area contributed by atoms with Gasteiger partial charge in [0.2, 0.25) is 0 Å². The molecule has 3 saturated carbocycles. The first kappa shape index (κ1) is 34.3. The van der Waals surface area contributed by atoms with Gasteiger partial charge in [0.05, 0.1) is 24.0 Å². The summed E-state index contributed by atoms with van der Waals surface area (Å²) in [7, 11) is 0. The summed E-state index contributed by atoms with van der Waals surface area (Å²) >= 11 is 0. The third kappa shape index (κ3) is 4.87. The molecule has 3 N–H and O–H groups in total. The predicted molar refractivity (Wildman–Crippen MR) is 170 cm³/mol. The van der Waals surface area contributed by atoms with Gasteiger partial charge in [0.1, 0.15) is 30.0 Å². The van der Waals surface area contributed by atoms with Gasteiger partial charge in [-0.3, -0.25) is 9.59 Å². The maximum Gasteiger partial charge on any atom is 0.314 e. The Balaban J connectivity index is 1.31. The van der Waals surface area contributed by atoms with Crippen LogP contribution < -0.4 is 0 Å². The quantitative estimate of drug-likeness (QED) is 0.256. The van der Waals surface area contributed by atoms with E-state index in [-0.39, 0.29) is 59.3 Å². The molecule has 13 atom stereocenters. The topological polar surface area (TPSA) is 132 Å². The summed E-state index contributed by atoms with van der Waals surface area (Å²) in [6.45, 7) is 17.1. The second kappa shape index (κ2) is 11.5. The number of allylic oxidation sites excluding steroid dienone is 2. The zero-order chi connectivity index (χ0) is 33.6. The fourth-order valence-corrected chi connectivity index (χ4v) is 11.9. The highest BCUT2D eigenvalue weighted by Crippen LogP contribution is 2.76. The molecular weight excluding hydrogens is 588 g/mol. The van der Waals surface area contributed by atoms with Gasteiger partial charge in [0.25, 0.3) is 0 Å². The number of carbonyl (C=O) groups excluding carboxylic acids is 2. The van der Waals surface area contributed by atoms with E-state index in [2.05, 4.69) is 54.5 Å². The Kier molecular flexibility index (Phi) is 8.61. The average molecular weight is 647 g/mol. The summed E-state index contributed by atoms with van der Waals surface area (Å²) in [6, 6.07) is 0. The molecule has 2 saturated heterocycles. The fraction of sp³-hybridized carbons (Fsp3) is 0.892. The highest BCUT2D eigenvalue weighted by atomic mass is 16.7. The van der Waals surface area contributed by atoms with E-state index in [9.17, 15) is 24.9 Å². The van der Waals surface area contributed by atoms with Gasteiger partial charge in [0, 0.05) is 12.3 Å². The number of rotatable bonds is 7. The Bertz CT molecular complexity index is 1250. The Morgan fingerprint density at radius 1 is 1.07 bits per heavy atom. The average Bonchev–Trinajstić information content (AvgIpc) is 3.36. The van der Waals surface area contributed by atoms with Gasteiger partial charge < -0.3 is 34.3 Å². The van der Waals surface area contributed by atoms with E-state index in [4.69, 9.17) is 18.9 Å². The molecule has 46 heavy (non-hydrogen) atoms. The number of cyclic esters (lactones) is 1. The Morgan fingerprint density at radius 3 is 2.46 bits per heavy atom. The number of fused-ring (bicyclic) bond motifs is 4. The van der Waals surface area contributed by atoms with Gasteiger partial charge >= 0.3 is 11.9 Å². The SMILES string of the molecule is CC(=O)O[C@H]1C[C@@]2(C)C3=CCC4C(C)(C)[C@@H](O[C@@H]5OC[C@@H](O)[C@H](O)[C@H]5O)CC[C@]4(C)C3CCC23C(=O)O[C@@](C)(CCCC(C)C)[C@@H]13. The minimum absolute atomic E-state index is 0.0437. The Morgan fingerprint density at radius 2 is 1.78 bits per heavy atom. The first-order valence-electron chi connectivity index (χ1n) is 17.8. The van der Waals surface area contributed by atoms with Crippen molar-refractivity contribution in [3.63, 3.8) is 0 Å². The van der Waals surface area contributed by atoms with Crippen LogP contribution in [0, 0.1) is 45.3 Å². The molecule has 260 valence electrons. The third-order valence-corrected chi connectivity index (χ3v) is 14.0. The Labute approximate surface area is 274 Å². The molecular formula is C37H58O9. The number of aliphatic hydroxyl groups is 3. The van der Waals surface area contributed by atoms with Crippen LogP contribution in [-0.4, -0.2) is 76.3 Å². The molecule has 5 fully saturated rings. The van der Waals surface area contributed by atoms with E-state index < -0.39 is 41.0 Å². The lowest BCUT2D eigenvalue weighted by Crippen LogP contribution is -2.61. The lowest BCUT2D eigenvalue weighted by Gasteiger charge is -2.63. The van der Waals surface area contributed by atoms with Crippen LogP contribution in [0.3, 0.4) is 0 Å². The van der Waals surface area contributed by atoms with Crippen LogP contribution >= 0.6 is 0 Å². The highest BCUT2D eigenvalue weighted by molar-refractivity contribution is 5.84. The maximum atomic E-state index is 14.3. The number of hydrogen-bond donors (Lipinski definition) is 3. The molecule has 2 heterocycles. The van der Waals surface area contributed by atoms with Gasteiger partial charge in [-0.15, -0.1) is 0 Å². The lowest BCUT2D eigenvalue weighted by atomic mass is 9.41. The molecule has 0 amide bonds. The van der Waals surface area contributed by atoms with Gasteiger partial charge in [-0.2, -0.15) is 0 Å². The van der Waals surface area contributed by atoms with E-state index in [1.807, 2.05) is 0 Å². The molecule has 0 aromatic rings. The molecule has 4 aliphatic carbocycles. The predicted octanol–water partition coefficient (Wildman–Crippen LogP) is 5.08. The van der Waals surface area contributed by atoms with Gasteiger partial charge in [-0.05, 0) is 86.9 Å². The normalized spacial score (nSPS) is 49.3. The first-order chi connectivity index (χ1) is 21.4. The van der Waals surface area contributed by atoms with E-state index in [1.54, 1.807) is 0 Å². The summed E-state index contributed by atoms with van der Waals surface area (Å²) in [5.74, 6) is 0.518. The van der Waals surface area contributed by atoms with Crippen LogP contribution in [0.25, 0.3) is 0 Å². The molecule has 6 rings (SSSR count). The van der Waals surface area contributed by atoms with Crippen molar-refractivity contribution in [2.45, 2.75) is 156 Å². The molecule has 0 radical (unpaired) electrons. The van der Waals surface area contributed by atoms with Crippen molar-refractivity contribution in [1.82, 2.24) is 0 Å². The van der Waals surface area contributed by atoms with Crippen LogP contribution in [0.2, 0.25) is 0 Å². The Hall–Kier alpha value is -1.52. The first-order valence-corrected chi connectivity index (χ1v) is 17.8. The van der Waals surface area contributed by atoms with Crippen molar-refractivity contribution in [3.8, 4) is 0 Å². The van der Waals surface area contributed by atoms with Gasteiger partial charge in [-0.1, -0.05) is 59.6 Å². The van der Waals surface area contributed by atoms with Crippen LogP contribution in [0.4, 0.5) is 0 Å². The van der Waals surface area contributed by atoms with Crippen molar-refractivity contribution in [3.05, 3.63) is 11.6 Å². The van der Waals surface area contributed by atoms with E-state index >= 15 is 0 Å². The minimum atomic E-state index is -1.32. The summed E-state index contributed by atoms with van der Waals surface area (Å²) in [5, 5.41) is 30.8. The molecule has 1 spiro atoms. The van der Waals surface area contributed by atoms with Crippen LogP contribution in [0.1, 0.15) is 113 Å². The fourth-order valence-electron chi connectivity index (χ4n) is 11.9. The minimum Gasteiger partial charge on any atom is -0.462 e. The summed E-state index contributed by atoms with van der Waals surface area (Å²) < 4.78 is 24.6. The summed E-state index contributed by atoms with van der Waals surface area (Å²) in [5.41, 5.74) is -0.839. The van der Waals surface area contributed by atoms with E-state index in [1.165, 1.54) is 12.5 Å². The second-order valence-electron chi connectivity index (χ2n) is 17.4. The molecule has 6 aliphatic rings. The van der Waals surface area contributed by atoms with Crippen molar-refractivity contribution in [2.24, 2.45) is 45.3 Å². The largest absolute Gasteiger partial charge is 0.462 e. The summed E-state index contributed by atoms with van der Waals surface area (Å²) in [6.07, 6.45) is 4.62. The molecule has 3 unspecified atom stereocenters. The molecule has 9 nitrogen and oxygen atoms in total. The van der Waals surface area contributed by atoms with Crippen molar-refractivity contribution >= 4 is 11.9 Å². The van der Waals surface area contributed by atoms with Crippen LogP contribution in [0.15, 0.2) is 11.6 Å². The lowest BCUT2D eigenvalue weighted by molar-refractivity contribution is -0.303. The monoisotopic (exact) mass is 646 g/mol. The number of carbonyl (C=O) groups is 2. The smallest absolute Gasteiger partial charge is 0.314 e. The van der Waals surface area contributed by atoms with Crippen LogP contribution in [0.5, 0.6) is 0 Å².